The van der Waals surface area contributed by atoms with Crippen LogP contribution in [0.5, 0.6) is 0 Å². The molecule has 0 aliphatic heterocycles. The zero-order chi connectivity index (χ0) is 12.3. The fourth-order valence-electron chi connectivity index (χ4n) is 1.23. The Hall–Kier alpha value is -1.72. The molecule has 16 heavy (non-hydrogen) atoms. The molecule has 1 unspecified atom stereocenters. The van der Waals surface area contributed by atoms with E-state index in [1.807, 2.05) is 0 Å². The van der Waals surface area contributed by atoms with E-state index >= 15 is 0 Å². The van der Waals surface area contributed by atoms with Crippen molar-refractivity contribution in [3.05, 3.63) is 20.8 Å². The molecule has 0 spiro atoms. The van der Waals surface area contributed by atoms with E-state index in [2.05, 4.69) is 24.1 Å². The summed E-state index contributed by atoms with van der Waals surface area (Å²) in [6.45, 7) is 4.79. The number of nitrogens with two attached hydrogens (primary N) is 1. The number of hydrogen-bond acceptors (Lipinski definition) is 4. The van der Waals surface area contributed by atoms with E-state index in [1.165, 1.54) is 11.6 Å². The molecule has 0 fully saturated rings. The van der Waals surface area contributed by atoms with Gasteiger partial charge in [-0.2, -0.15) is 0 Å². The number of aromatic nitrogens is 2. The Labute approximate surface area is 93.5 Å². The Morgan fingerprint density at radius 1 is 1.50 bits per heavy atom. The predicted molar refractivity (Wildman–Crippen MR) is 64.7 cm³/mol. The van der Waals surface area contributed by atoms with E-state index in [1.54, 1.807) is 0 Å². The maximum atomic E-state index is 11.5. The molecule has 0 bridgehead atoms. The number of aromatic amines is 1. The van der Waals surface area contributed by atoms with Gasteiger partial charge < -0.3 is 11.1 Å². The Morgan fingerprint density at radius 2 is 2.12 bits per heavy atom. The highest BCUT2D eigenvalue weighted by atomic mass is 16.2. The second kappa shape index (κ2) is 4.87. The van der Waals surface area contributed by atoms with Gasteiger partial charge in [-0.1, -0.05) is 20.3 Å². The molecule has 6 nitrogen and oxygen atoms in total. The van der Waals surface area contributed by atoms with Crippen molar-refractivity contribution in [3.63, 3.8) is 0 Å². The van der Waals surface area contributed by atoms with Gasteiger partial charge in [-0.3, -0.25) is 14.3 Å². The summed E-state index contributed by atoms with van der Waals surface area (Å²) in [5, 5.41) is 2.97. The summed E-state index contributed by atoms with van der Waals surface area (Å²) in [7, 11) is 1.52. The van der Waals surface area contributed by atoms with Gasteiger partial charge in [-0.15, -0.1) is 0 Å². The number of anilines is 2. The summed E-state index contributed by atoms with van der Waals surface area (Å²) in [4.78, 5) is 24.9. The van der Waals surface area contributed by atoms with E-state index in [4.69, 9.17) is 5.73 Å². The van der Waals surface area contributed by atoms with Crippen LogP contribution in [0.4, 0.5) is 11.5 Å². The summed E-state index contributed by atoms with van der Waals surface area (Å²) in [6.07, 6.45) is 1.01. The minimum atomic E-state index is -0.503. The average molecular weight is 226 g/mol. The van der Waals surface area contributed by atoms with Crippen LogP contribution in [-0.2, 0) is 7.05 Å². The number of rotatable bonds is 4. The van der Waals surface area contributed by atoms with Gasteiger partial charge >= 0.3 is 5.69 Å². The van der Waals surface area contributed by atoms with E-state index in [0.29, 0.717) is 12.5 Å². The van der Waals surface area contributed by atoms with E-state index in [-0.39, 0.29) is 11.5 Å². The van der Waals surface area contributed by atoms with Crippen LogP contribution in [0, 0.1) is 5.92 Å². The zero-order valence-electron chi connectivity index (χ0n) is 9.83. The van der Waals surface area contributed by atoms with Crippen LogP contribution in [0.2, 0.25) is 0 Å². The first-order valence-corrected chi connectivity index (χ1v) is 5.30. The Kier molecular flexibility index (Phi) is 3.76. The van der Waals surface area contributed by atoms with Crippen LogP contribution in [-0.4, -0.2) is 16.1 Å². The molecule has 0 aliphatic rings. The lowest BCUT2D eigenvalue weighted by Gasteiger charge is -2.13. The molecule has 1 atom stereocenters. The smallest absolute Gasteiger partial charge is 0.329 e. The SMILES string of the molecule is CCC(C)CNc1c(N)n(C)c(=O)[nH]c1=O. The molecule has 0 aromatic carbocycles. The van der Waals surface area contributed by atoms with Crippen molar-refractivity contribution in [1.82, 2.24) is 9.55 Å². The van der Waals surface area contributed by atoms with Crippen molar-refractivity contribution in [2.45, 2.75) is 20.3 Å². The number of nitrogen functional groups attached to an aromatic ring is 1. The molecule has 1 rings (SSSR count). The fourth-order valence-corrected chi connectivity index (χ4v) is 1.23. The molecule has 1 aromatic rings. The summed E-state index contributed by atoms with van der Waals surface area (Å²) in [6, 6.07) is 0. The van der Waals surface area contributed by atoms with E-state index in [9.17, 15) is 9.59 Å². The lowest BCUT2D eigenvalue weighted by molar-refractivity contribution is 0.592. The van der Waals surface area contributed by atoms with Crippen molar-refractivity contribution in [2.75, 3.05) is 17.6 Å². The first-order chi connectivity index (χ1) is 7.47. The molecule has 1 aromatic heterocycles. The van der Waals surface area contributed by atoms with Crippen molar-refractivity contribution in [1.29, 1.82) is 0 Å². The normalized spacial score (nSPS) is 12.4. The number of nitrogens with one attached hydrogen (secondary N) is 2. The molecule has 0 amide bonds. The van der Waals surface area contributed by atoms with Crippen LogP contribution in [0.25, 0.3) is 0 Å². The monoisotopic (exact) mass is 226 g/mol. The van der Waals surface area contributed by atoms with Crippen molar-refractivity contribution < 1.29 is 0 Å². The summed E-state index contributed by atoms with van der Waals surface area (Å²) < 4.78 is 1.21. The maximum absolute atomic E-state index is 11.5. The quantitative estimate of drug-likeness (QED) is 0.679. The predicted octanol–water partition coefficient (Wildman–Crippen LogP) is 0.114. The summed E-state index contributed by atoms with van der Waals surface area (Å²) in [5.41, 5.74) is 4.99. The van der Waals surface area contributed by atoms with Crippen molar-refractivity contribution in [3.8, 4) is 0 Å². The number of hydrogen-bond donors (Lipinski definition) is 3. The first-order valence-electron chi connectivity index (χ1n) is 5.30. The summed E-state index contributed by atoms with van der Waals surface area (Å²) >= 11 is 0. The second-order valence-electron chi connectivity index (χ2n) is 3.97. The standard InChI is InChI=1S/C10H18N4O2/c1-4-6(2)5-12-7-8(11)14(3)10(16)13-9(7)15/h6,12H,4-5,11H2,1-3H3,(H,13,15,16). The van der Waals surface area contributed by atoms with Crippen LogP contribution < -0.4 is 22.3 Å². The Morgan fingerprint density at radius 3 is 2.69 bits per heavy atom. The molecule has 0 radical (unpaired) electrons. The Balaban J connectivity index is 3.01. The highest BCUT2D eigenvalue weighted by molar-refractivity contribution is 5.60. The molecule has 0 saturated carbocycles. The van der Waals surface area contributed by atoms with Gasteiger partial charge in [-0.25, -0.2) is 4.79 Å². The van der Waals surface area contributed by atoms with Gasteiger partial charge in [0.2, 0.25) is 0 Å². The lowest BCUT2D eigenvalue weighted by atomic mass is 10.1. The fraction of sp³-hybridized carbons (Fsp3) is 0.600. The van der Waals surface area contributed by atoms with Gasteiger partial charge in [0.25, 0.3) is 5.56 Å². The minimum absolute atomic E-state index is 0.164. The van der Waals surface area contributed by atoms with Gasteiger partial charge in [0.05, 0.1) is 0 Å². The highest BCUT2D eigenvalue weighted by Gasteiger charge is 2.10. The van der Waals surface area contributed by atoms with Crippen LogP contribution in [0.15, 0.2) is 9.59 Å². The first kappa shape index (κ1) is 12.4. The molecule has 6 heteroatoms. The summed E-state index contributed by atoms with van der Waals surface area (Å²) in [5.74, 6) is 0.605. The Bertz CT molecular complexity index is 475. The lowest BCUT2D eigenvalue weighted by Crippen LogP contribution is -2.33. The second-order valence-corrected chi connectivity index (χ2v) is 3.97. The third-order valence-corrected chi connectivity index (χ3v) is 2.69. The zero-order valence-corrected chi connectivity index (χ0v) is 9.83. The molecular formula is C10H18N4O2. The van der Waals surface area contributed by atoms with Gasteiger partial charge in [-0.05, 0) is 5.92 Å². The molecule has 0 saturated heterocycles. The number of H-pyrrole nitrogens is 1. The van der Waals surface area contributed by atoms with Crippen molar-refractivity contribution in [2.24, 2.45) is 13.0 Å². The van der Waals surface area contributed by atoms with Gasteiger partial charge in [0, 0.05) is 13.6 Å². The van der Waals surface area contributed by atoms with E-state index < -0.39 is 11.2 Å². The molecule has 0 aliphatic carbocycles. The van der Waals surface area contributed by atoms with Crippen LogP contribution in [0.1, 0.15) is 20.3 Å². The molecule has 90 valence electrons. The topological polar surface area (TPSA) is 92.9 Å². The molecular weight excluding hydrogens is 208 g/mol. The molecule has 4 N–H and O–H groups in total. The minimum Gasteiger partial charge on any atom is -0.383 e. The third kappa shape index (κ3) is 2.44. The molecule has 1 heterocycles. The van der Waals surface area contributed by atoms with Crippen LogP contribution >= 0.6 is 0 Å². The van der Waals surface area contributed by atoms with Gasteiger partial charge in [0.15, 0.2) is 0 Å². The van der Waals surface area contributed by atoms with E-state index in [0.717, 1.165) is 6.42 Å². The van der Waals surface area contributed by atoms with Gasteiger partial charge in [0.1, 0.15) is 11.5 Å². The largest absolute Gasteiger partial charge is 0.383 e. The van der Waals surface area contributed by atoms with Crippen molar-refractivity contribution >= 4 is 11.5 Å². The van der Waals surface area contributed by atoms with Crippen LogP contribution in [0.3, 0.4) is 0 Å². The number of nitrogens with zero attached hydrogens (tertiary/aromatic N) is 1. The third-order valence-electron chi connectivity index (χ3n) is 2.69. The maximum Gasteiger partial charge on any atom is 0.329 e. The average Bonchev–Trinajstić information content (AvgIpc) is 2.25. The highest BCUT2D eigenvalue weighted by Crippen LogP contribution is 2.10.